The predicted octanol–water partition coefficient (Wildman–Crippen LogP) is 1.50. The molecule has 5 rings (SSSR count). The molecule has 2 aliphatic rings. The number of benzene rings is 2. The molecule has 0 bridgehead atoms. The van der Waals surface area contributed by atoms with Gasteiger partial charge in [-0.25, -0.2) is 4.79 Å². The van der Waals surface area contributed by atoms with Gasteiger partial charge in [-0.1, -0.05) is 5.16 Å². The van der Waals surface area contributed by atoms with E-state index in [1.54, 1.807) is 48.5 Å². The molecule has 2 aromatic carbocycles. The van der Waals surface area contributed by atoms with Crippen LogP contribution >= 0.6 is 0 Å². The fraction of sp³-hybridized carbons (Fsp3) is 0.320. The first-order valence-corrected chi connectivity index (χ1v) is 11.9. The first-order chi connectivity index (χ1) is 17.9. The molecule has 12 nitrogen and oxygen atoms in total. The van der Waals surface area contributed by atoms with Crippen molar-refractivity contribution in [3.63, 3.8) is 0 Å². The number of rotatable bonds is 8. The van der Waals surface area contributed by atoms with Crippen molar-refractivity contribution in [3.8, 4) is 11.4 Å². The Morgan fingerprint density at radius 3 is 2.38 bits per heavy atom. The molecule has 12 heteroatoms. The van der Waals surface area contributed by atoms with E-state index in [-0.39, 0.29) is 24.9 Å². The topological polar surface area (TPSA) is 167 Å². The van der Waals surface area contributed by atoms with E-state index in [4.69, 9.17) is 4.74 Å². The van der Waals surface area contributed by atoms with E-state index < -0.39 is 29.8 Å². The van der Waals surface area contributed by atoms with Crippen LogP contribution in [0.25, 0.3) is 11.4 Å². The van der Waals surface area contributed by atoms with Gasteiger partial charge in [-0.05, 0) is 67.3 Å². The highest BCUT2D eigenvalue weighted by atomic mass is 16.5. The number of hydrogen-bond acceptors (Lipinski definition) is 8. The molecule has 1 aliphatic heterocycles. The number of aromatic nitrogens is 2. The zero-order chi connectivity index (χ0) is 25.9. The molecule has 0 radical (unpaired) electrons. The van der Waals surface area contributed by atoms with Crippen LogP contribution in [0.5, 0.6) is 0 Å². The van der Waals surface area contributed by atoms with E-state index in [1.165, 1.54) is 4.90 Å². The van der Waals surface area contributed by atoms with Gasteiger partial charge in [0.2, 0.25) is 5.91 Å². The number of ether oxygens (including phenoxy) is 1. The Morgan fingerprint density at radius 2 is 1.73 bits per heavy atom. The number of nitrogens with zero attached hydrogens (tertiary/aromatic N) is 2. The maximum absolute atomic E-state index is 13.1. The summed E-state index contributed by atoms with van der Waals surface area (Å²) in [5, 5.41) is 19.6. The molecule has 1 saturated heterocycles. The molecule has 0 unspecified atom stereocenters. The van der Waals surface area contributed by atoms with Gasteiger partial charge in [0.05, 0.1) is 6.61 Å². The van der Waals surface area contributed by atoms with Crippen LogP contribution in [0.15, 0.2) is 57.8 Å². The zero-order valence-corrected chi connectivity index (χ0v) is 19.7. The molecule has 37 heavy (non-hydrogen) atoms. The van der Waals surface area contributed by atoms with Gasteiger partial charge < -0.3 is 25.4 Å². The average Bonchev–Trinajstić information content (AvgIpc) is 3.60. The van der Waals surface area contributed by atoms with Crippen molar-refractivity contribution in [1.29, 1.82) is 0 Å². The summed E-state index contributed by atoms with van der Waals surface area (Å²) in [7, 11) is 0. The monoisotopic (exact) mass is 507 g/mol. The molecule has 1 aromatic heterocycles. The Balaban J connectivity index is 1.19. The van der Waals surface area contributed by atoms with Gasteiger partial charge in [-0.3, -0.25) is 23.9 Å². The van der Waals surface area contributed by atoms with Crippen LogP contribution in [0.4, 0.5) is 17.1 Å². The van der Waals surface area contributed by atoms with Crippen LogP contribution in [0.1, 0.15) is 19.3 Å². The minimum absolute atomic E-state index is 0.0328. The maximum atomic E-state index is 13.1. The second-order valence-electron chi connectivity index (χ2n) is 8.98. The summed E-state index contributed by atoms with van der Waals surface area (Å²) in [6, 6.07) is 13.1. The molecule has 3 amide bonds. The summed E-state index contributed by atoms with van der Waals surface area (Å²) in [4.78, 5) is 52.7. The standard InChI is InChI=1S/C25H25N5O7/c31-19(13-14-1-2-14)26-16-7-9-18(10-8-16)30-11-12-36-21(24(30)34)20(32)23(33)27-17-5-3-15(4-6-17)22-28-25(35)37-29-22/h3-10,14,20-21,32H,1-2,11-13H2,(H,26,31)(H,27,33)(H,28,29,35)/t20-,21-/m1/s1. The van der Waals surface area contributed by atoms with Crippen molar-refractivity contribution in [2.45, 2.75) is 31.5 Å². The van der Waals surface area contributed by atoms with E-state index in [0.29, 0.717) is 35.0 Å². The molecule has 192 valence electrons. The van der Waals surface area contributed by atoms with Crippen LogP contribution in [-0.4, -0.2) is 58.3 Å². The molecule has 1 aliphatic carbocycles. The number of nitrogens with one attached hydrogen (secondary N) is 3. The summed E-state index contributed by atoms with van der Waals surface area (Å²) in [6.45, 7) is 0.383. The lowest BCUT2D eigenvalue weighted by Gasteiger charge is -2.34. The number of hydrogen-bond donors (Lipinski definition) is 4. The number of aliphatic hydroxyl groups is 1. The van der Waals surface area contributed by atoms with Crippen molar-refractivity contribution >= 4 is 34.8 Å². The van der Waals surface area contributed by atoms with Crippen molar-refractivity contribution in [3.05, 3.63) is 59.1 Å². The van der Waals surface area contributed by atoms with Crippen molar-refractivity contribution < 1.29 is 28.8 Å². The quantitative estimate of drug-likeness (QED) is 0.356. The first-order valence-electron chi connectivity index (χ1n) is 11.9. The number of aromatic amines is 1. The maximum Gasteiger partial charge on any atom is 0.439 e. The van der Waals surface area contributed by atoms with Crippen LogP contribution in [-0.2, 0) is 19.1 Å². The number of aliphatic hydroxyl groups excluding tert-OH is 1. The van der Waals surface area contributed by atoms with Crippen LogP contribution < -0.4 is 21.3 Å². The summed E-state index contributed by atoms with van der Waals surface area (Å²) < 4.78 is 9.92. The molecule has 0 spiro atoms. The second kappa shape index (κ2) is 10.4. The van der Waals surface area contributed by atoms with Gasteiger partial charge in [0.1, 0.15) is 0 Å². The lowest BCUT2D eigenvalue weighted by atomic mass is 10.1. The average molecular weight is 508 g/mol. The van der Waals surface area contributed by atoms with Gasteiger partial charge in [0.15, 0.2) is 18.0 Å². The third kappa shape index (κ3) is 5.76. The normalized spacial score (nSPS) is 18.4. The zero-order valence-electron chi connectivity index (χ0n) is 19.7. The summed E-state index contributed by atoms with van der Waals surface area (Å²) >= 11 is 0. The molecule has 2 fully saturated rings. The Bertz CT molecular complexity index is 1340. The highest BCUT2D eigenvalue weighted by molar-refractivity contribution is 6.04. The summed E-state index contributed by atoms with van der Waals surface area (Å²) in [5.74, 6) is -1.36. The third-order valence-electron chi connectivity index (χ3n) is 6.18. The van der Waals surface area contributed by atoms with Crippen molar-refractivity contribution in [2.24, 2.45) is 5.92 Å². The van der Waals surface area contributed by atoms with E-state index in [9.17, 15) is 24.3 Å². The predicted molar refractivity (Wildman–Crippen MR) is 132 cm³/mol. The Morgan fingerprint density at radius 1 is 1.05 bits per heavy atom. The summed E-state index contributed by atoms with van der Waals surface area (Å²) in [6.07, 6.45) is -0.433. The molecule has 2 atom stereocenters. The molecule has 1 saturated carbocycles. The fourth-order valence-electron chi connectivity index (χ4n) is 4.03. The number of amides is 3. The van der Waals surface area contributed by atoms with Gasteiger partial charge >= 0.3 is 5.76 Å². The number of anilines is 3. The first kappa shape index (κ1) is 24.4. The van der Waals surface area contributed by atoms with Gasteiger partial charge in [0.25, 0.3) is 11.8 Å². The summed E-state index contributed by atoms with van der Waals surface area (Å²) in [5.41, 5.74) is 2.11. The molecular weight excluding hydrogens is 482 g/mol. The van der Waals surface area contributed by atoms with Crippen molar-refractivity contribution in [1.82, 2.24) is 10.1 Å². The van der Waals surface area contributed by atoms with E-state index >= 15 is 0 Å². The van der Waals surface area contributed by atoms with Crippen LogP contribution in [0.2, 0.25) is 0 Å². The van der Waals surface area contributed by atoms with E-state index in [1.807, 2.05) is 0 Å². The Labute approximate surface area is 210 Å². The molecule has 2 heterocycles. The highest BCUT2D eigenvalue weighted by Gasteiger charge is 2.39. The van der Waals surface area contributed by atoms with Crippen molar-refractivity contribution in [2.75, 3.05) is 28.7 Å². The second-order valence-corrected chi connectivity index (χ2v) is 8.98. The number of carbonyl (C=O) groups is 3. The van der Waals surface area contributed by atoms with Gasteiger partial charge in [-0.2, -0.15) is 0 Å². The van der Waals surface area contributed by atoms with E-state index in [2.05, 4.69) is 25.3 Å². The molecule has 4 N–H and O–H groups in total. The smallest absolute Gasteiger partial charge is 0.380 e. The largest absolute Gasteiger partial charge is 0.439 e. The lowest BCUT2D eigenvalue weighted by molar-refractivity contribution is -0.150. The van der Waals surface area contributed by atoms with Gasteiger partial charge in [-0.15, -0.1) is 0 Å². The minimum Gasteiger partial charge on any atom is -0.380 e. The minimum atomic E-state index is -1.75. The van der Waals surface area contributed by atoms with E-state index in [0.717, 1.165) is 12.8 Å². The molecular formula is C25H25N5O7. The number of carbonyl (C=O) groups excluding carboxylic acids is 3. The SMILES string of the molecule is O=C(CC1CC1)Nc1ccc(N2CCO[C@H]([C@@H](O)C(=O)Nc3ccc(-c4noc(=O)[nH]4)cc3)C2=O)cc1. The Hall–Kier alpha value is -4.29. The Kier molecular flexibility index (Phi) is 6.84. The highest BCUT2D eigenvalue weighted by Crippen LogP contribution is 2.32. The van der Waals surface area contributed by atoms with Gasteiger partial charge in [0, 0.05) is 35.6 Å². The molecule has 3 aromatic rings. The number of H-pyrrole nitrogens is 1. The number of morpholine rings is 1. The van der Waals surface area contributed by atoms with Crippen LogP contribution in [0.3, 0.4) is 0 Å². The fourth-order valence-corrected chi connectivity index (χ4v) is 4.03. The third-order valence-corrected chi connectivity index (χ3v) is 6.18. The van der Waals surface area contributed by atoms with Crippen LogP contribution in [0, 0.1) is 5.92 Å². The lowest BCUT2D eigenvalue weighted by Crippen LogP contribution is -2.55.